The van der Waals surface area contributed by atoms with Gasteiger partial charge in [0.1, 0.15) is 5.58 Å². The fraction of sp³-hybridized carbons (Fsp3) is 0.182. The molecule has 1 amide bonds. The van der Waals surface area contributed by atoms with Gasteiger partial charge >= 0.3 is 0 Å². The van der Waals surface area contributed by atoms with E-state index in [0.717, 1.165) is 33.3 Å². The number of hydrogen-bond donors (Lipinski definition) is 0. The summed E-state index contributed by atoms with van der Waals surface area (Å²) in [5.74, 6) is 0.270. The van der Waals surface area contributed by atoms with Crippen LogP contribution >= 0.6 is 0 Å². The predicted molar refractivity (Wildman–Crippen MR) is 105 cm³/mol. The minimum absolute atomic E-state index is 0.128. The number of nitrogens with zero attached hydrogens (tertiary/aromatic N) is 3. The van der Waals surface area contributed by atoms with Gasteiger partial charge in [-0.2, -0.15) is 5.10 Å². The summed E-state index contributed by atoms with van der Waals surface area (Å²) in [5.41, 5.74) is 4.71. The van der Waals surface area contributed by atoms with Crippen LogP contribution in [0.5, 0.6) is 0 Å². The van der Waals surface area contributed by atoms with E-state index in [1.165, 1.54) is 0 Å². The average molecular weight is 359 g/mol. The quantitative estimate of drug-likeness (QED) is 0.539. The van der Waals surface area contributed by atoms with Crippen LogP contribution in [0.15, 0.2) is 65.3 Å². The number of carbonyl (C=O) groups excluding carboxylic acids is 1. The molecule has 0 bridgehead atoms. The van der Waals surface area contributed by atoms with Crippen LogP contribution in [-0.2, 0) is 6.54 Å². The van der Waals surface area contributed by atoms with Gasteiger partial charge in [-0.3, -0.25) is 4.79 Å². The van der Waals surface area contributed by atoms with Crippen molar-refractivity contribution in [3.8, 4) is 5.69 Å². The second kappa shape index (κ2) is 6.76. The first kappa shape index (κ1) is 17.1. The predicted octanol–water partition coefficient (Wildman–Crippen LogP) is 4.51. The number of hydrogen-bond acceptors (Lipinski definition) is 3. The number of benzene rings is 2. The van der Waals surface area contributed by atoms with Gasteiger partial charge in [-0.25, -0.2) is 4.68 Å². The van der Waals surface area contributed by atoms with E-state index in [-0.39, 0.29) is 5.91 Å². The van der Waals surface area contributed by atoms with E-state index in [1.807, 2.05) is 73.3 Å². The summed E-state index contributed by atoms with van der Waals surface area (Å²) < 4.78 is 7.70. The van der Waals surface area contributed by atoms with Crippen molar-refractivity contribution in [3.63, 3.8) is 0 Å². The third-order valence-electron chi connectivity index (χ3n) is 4.79. The standard InChI is InChI=1S/C22H21N3O2/c1-15-9-10-18-16(2)21(27-20(18)13-15)22(26)24(3)14-17-7-4-5-8-19(17)25-12-6-11-23-25/h4-13H,14H2,1-3H3. The van der Waals surface area contributed by atoms with Crippen LogP contribution in [-0.4, -0.2) is 27.6 Å². The lowest BCUT2D eigenvalue weighted by atomic mass is 10.1. The summed E-state index contributed by atoms with van der Waals surface area (Å²) in [6.07, 6.45) is 3.64. The number of aromatic nitrogens is 2. The Morgan fingerprint density at radius 2 is 1.96 bits per heavy atom. The van der Waals surface area contributed by atoms with Crippen LogP contribution in [0.25, 0.3) is 16.7 Å². The van der Waals surface area contributed by atoms with Crippen molar-refractivity contribution in [1.82, 2.24) is 14.7 Å². The molecule has 5 nitrogen and oxygen atoms in total. The maximum Gasteiger partial charge on any atom is 0.289 e. The smallest absolute Gasteiger partial charge is 0.289 e. The molecule has 2 aromatic carbocycles. The van der Waals surface area contributed by atoms with Gasteiger partial charge in [0.2, 0.25) is 0 Å². The Hall–Kier alpha value is -3.34. The largest absolute Gasteiger partial charge is 0.451 e. The Balaban J connectivity index is 1.64. The van der Waals surface area contributed by atoms with E-state index >= 15 is 0 Å². The van der Waals surface area contributed by atoms with Crippen LogP contribution in [0.1, 0.15) is 27.2 Å². The Morgan fingerprint density at radius 1 is 1.15 bits per heavy atom. The molecule has 4 aromatic rings. The highest BCUT2D eigenvalue weighted by atomic mass is 16.3. The zero-order chi connectivity index (χ0) is 19.0. The first-order valence-corrected chi connectivity index (χ1v) is 8.88. The van der Waals surface area contributed by atoms with Crippen LogP contribution in [0.3, 0.4) is 0 Å². The number of fused-ring (bicyclic) bond motifs is 1. The van der Waals surface area contributed by atoms with Crippen molar-refractivity contribution in [2.75, 3.05) is 7.05 Å². The minimum atomic E-state index is -0.128. The maximum atomic E-state index is 13.0. The molecule has 0 unspecified atom stereocenters. The topological polar surface area (TPSA) is 51.3 Å². The summed E-state index contributed by atoms with van der Waals surface area (Å²) in [6, 6.07) is 15.8. The van der Waals surface area contributed by atoms with Gasteiger partial charge in [0, 0.05) is 36.9 Å². The van der Waals surface area contributed by atoms with Crippen molar-refractivity contribution in [2.45, 2.75) is 20.4 Å². The molecular weight excluding hydrogens is 338 g/mol. The lowest BCUT2D eigenvalue weighted by Crippen LogP contribution is -2.27. The molecule has 0 saturated heterocycles. The summed E-state index contributed by atoms with van der Waals surface area (Å²) >= 11 is 0. The normalized spacial score (nSPS) is 11.1. The third-order valence-corrected chi connectivity index (χ3v) is 4.79. The van der Waals surface area contributed by atoms with E-state index in [2.05, 4.69) is 5.10 Å². The zero-order valence-electron chi connectivity index (χ0n) is 15.6. The molecule has 27 heavy (non-hydrogen) atoms. The van der Waals surface area contributed by atoms with Gasteiger partial charge in [-0.15, -0.1) is 0 Å². The van der Waals surface area contributed by atoms with E-state index in [1.54, 1.807) is 18.1 Å². The number of para-hydroxylation sites is 1. The highest BCUT2D eigenvalue weighted by molar-refractivity contribution is 5.98. The number of furan rings is 1. The molecule has 0 aliphatic rings. The first-order valence-electron chi connectivity index (χ1n) is 8.88. The molecular formula is C22H21N3O2. The van der Waals surface area contributed by atoms with E-state index in [9.17, 15) is 4.79 Å². The van der Waals surface area contributed by atoms with Gasteiger partial charge in [-0.1, -0.05) is 30.3 Å². The number of carbonyl (C=O) groups is 1. The van der Waals surface area contributed by atoms with Gasteiger partial charge in [0.15, 0.2) is 5.76 Å². The van der Waals surface area contributed by atoms with E-state index in [4.69, 9.17) is 4.42 Å². The van der Waals surface area contributed by atoms with Crippen LogP contribution < -0.4 is 0 Å². The Labute approximate surface area is 157 Å². The maximum absolute atomic E-state index is 13.0. The van der Waals surface area contributed by atoms with Crippen LogP contribution in [0, 0.1) is 13.8 Å². The second-order valence-corrected chi connectivity index (χ2v) is 6.80. The molecule has 0 radical (unpaired) electrons. The summed E-state index contributed by atoms with van der Waals surface area (Å²) in [7, 11) is 1.79. The second-order valence-electron chi connectivity index (χ2n) is 6.80. The monoisotopic (exact) mass is 359 g/mol. The highest BCUT2D eigenvalue weighted by Crippen LogP contribution is 2.27. The fourth-order valence-corrected chi connectivity index (χ4v) is 3.32. The van der Waals surface area contributed by atoms with Crippen molar-refractivity contribution in [1.29, 1.82) is 0 Å². The molecule has 0 aliphatic carbocycles. The number of rotatable bonds is 4. The minimum Gasteiger partial charge on any atom is -0.451 e. The highest BCUT2D eigenvalue weighted by Gasteiger charge is 2.22. The molecule has 0 fully saturated rings. The molecule has 0 N–H and O–H groups in total. The molecule has 0 spiro atoms. The van der Waals surface area contributed by atoms with Crippen molar-refractivity contribution in [2.24, 2.45) is 0 Å². The first-order chi connectivity index (χ1) is 13.0. The fourth-order valence-electron chi connectivity index (χ4n) is 3.32. The Bertz CT molecular complexity index is 1110. The van der Waals surface area contributed by atoms with Gasteiger partial charge in [0.25, 0.3) is 5.91 Å². The lowest BCUT2D eigenvalue weighted by Gasteiger charge is -2.18. The molecule has 136 valence electrons. The molecule has 4 rings (SSSR count). The van der Waals surface area contributed by atoms with Gasteiger partial charge < -0.3 is 9.32 Å². The zero-order valence-corrected chi connectivity index (χ0v) is 15.6. The van der Waals surface area contributed by atoms with Crippen molar-refractivity contribution < 1.29 is 9.21 Å². The molecule has 5 heteroatoms. The molecule has 0 aliphatic heterocycles. The Morgan fingerprint density at radius 3 is 2.74 bits per heavy atom. The molecule has 0 saturated carbocycles. The lowest BCUT2D eigenvalue weighted by molar-refractivity contribution is 0.0755. The van der Waals surface area contributed by atoms with Gasteiger partial charge in [0.05, 0.1) is 5.69 Å². The summed E-state index contributed by atoms with van der Waals surface area (Å²) in [4.78, 5) is 14.7. The van der Waals surface area contributed by atoms with E-state index in [0.29, 0.717) is 12.3 Å². The number of amides is 1. The van der Waals surface area contributed by atoms with Crippen molar-refractivity contribution in [3.05, 3.63) is 83.4 Å². The summed E-state index contributed by atoms with van der Waals surface area (Å²) in [5, 5.41) is 5.28. The molecule has 2 aromatic heterocycles. The SMILES string of the molecule is Cc1ccc2c(C)c(C(=O)N(C)Cc3ccccc3-n3cccn3)oc2c1. The van der Waals surface area contributed by atoms with E-state index < -0.39 is 0 Å². The van der Waals surface area contributed by atoms with Crippen molar-refractivity contribution >= 4 is 16.9 Å². The van der Waals surface area contributed by atoms with Crippen LogP contribution in [0.2, 0.25) is 0 Å². The Kier molecular flexibility index (Phi) is 4.28. The van der Waals surface area contributed by atoms with Crippen LogP contribution in [0.4, 0.5) is 0 Å². The molecule has 0 atom stereocenters. The molecule has 2 heterocycles. The number of aryl methyl sites for hydroxylation is 2. The van der Waals surface area contributed by atoms with Gasteiger partial charge in [-0.05, 0) is 43.2 Å². The summed E-state index contributed by atoms with van der Waals surface area (Å²) in [6.45, 7) is 4.40. The third kappa shape index (κ3) is 3.12. The average Bonchev–Trinajstić information content (AvgIpc) is 3.30.